The normalized spacial score (nSPS) is 35.3. The molecule has 0 unspecified atom stereocenters. The third-order valence-electron chi connectivity index (χ3n) is 5.81. The molecule has 2 atom stereocenters. The minimum Gasteiger partial charge on any atom is -0.289 e. The topological polar surface area (TPSA) is 12.4 Å². The molecular weight excluding hydrogens is 218 g/mol. The van der Waals surface area contributed by atoms with Gasteiger partial charge in [-0.25, -0.2) is 0 Å². The van der Waals surface area contributed by atoms with Crippen molar-refractivity contribution < 1.29 is 0 Å². The van der Waals surface area contributed by atoms with Crippen LogP contribution < -0.4 is 0 Å². The van der Waals surface area contributed by atoms with Gasteiger partial charge in [-0.1, -0.05) is 51.1 Å². The van der Waals surface area contributed by atoms with E-state index in [9.17, 15) is 0 Å². The average molecular weight is 241 g/mol. The van der Waals surface area contributed by atoms with Crippen molar-refractivity contribution in [3.63, 3.8) is 0 Å². The van der Waals surface area contributed by atoms with Gasteiger partial charge in [0.15, 0.2) is 0 Å². The second-order valence-electron chi connectivity index (χ2n) is 6.74. The van der Waals surface area contributed by atoms with Crippen LogP contribution in [-0.2, 0) is 6.54 Å². The SMILES string of the molecule is CC1(C)[C@@H]2CC[C@@]1(C)C(=NCc1ccccc1)C2. The zero-order valence-corrected chi connectivity index (χ0v) is 11.7. The van der Waals surface area contributed by atoms with E-state index in [0.717, 1.165) is 12.5 Å². The highest BCUT2D eigenvalue weighted by Gasteiger charge is 2.59. The van der Waals surface area contributed by atoms with Gasteiger partial charge in [-0.05, 0) is 36.2 Å². The highest BCUT2D eigenvalue weighted by molar-refractivity contribution is 5.94. The number of benzene rings is 1. The summed E-state index contributed by atoms with van der Waals surface area (Å²) in [4.78, 5) is 4.96. The van der Waals surface area contributed by atoms with Gasteiger partial charge < -0.3 is 0 Å². The molecule has 0 spiro atoms. The van der Waals surface area contributed by atoms with Crippen molar-refractivity contribution in [2.45, 2.75) is 46.6 Å². The lowest BCUT2D eigenvalue weighted by Crippen LogP contribution is -2.32. The Morgan fingerprint density at radius 3 is 2.44 bits per heavy atom. The molecule has 0 heterocycles. The van der Waals surface area contributed by atoms with Crippen molar-refractivity contribution in [1.82, 2.24) is 0 Å². The fourth-order valence-corrected chi connectivity index (χ4v) is 3.94. The lowest BCUT2D eigenvalue weighted by Gasteiger charge is -2.34. The van der Waals surface area contributed by atoms with Crippen LogP contribution in [0.3, 0.4) is 0 Å². The third kappa shape index (κ3) is 1.56. The number of nitrogens with zero attached hydrogens (tertiary/aromatic N) is 1. The number of rotatable bonds is 2. The predicted octanol–water partition coefficient (Wildman–Crippen LogP) is 4.47. The molecule has 0 aliphatic heterocycles. The first-order valence-electron chi connectivity index (χ1n) is 7.12. The maximum Gasteiger partial charge on any atom is 0.0639 e. The van der Waals surface area contributed by atoms with Crippen LogP contribution in [0.25, 0.3) is 0 Å². The van der Waals surface area contributed by atoms with Crippen LogP contribution in [0.5, 0.6) is 0 Å². The number of hydrogen-bond acceptors (Lipinski definition) is 1. The summed E-state index contributed by atoms with van der Waals surface area (Å²) in [5.74, 6) is 0.858. The van der Waals surface area contributed by atoms with Gasteiger partial charge in [-0.15, -0.1) is 0 Å². The van der Waals surface area contributed by atoms with E-state index in [4.69, 9.17) is 4.99 Å². The molecule has 2 aliphatic rings. The third-order valence-corrected chi connectivity index (χ3v) is 5.81. The molecule has 2 aliphatic carbocycles. The Balaban J connectivity index is 1.83. The van der Waals surface area contributed by atoms with Crippen LogP contribution in [0.4, 0.5) is 0 Å². The molecule has 0 radical (unpaired) electrons. The quantitative estimate of drug-likeness (QED) is 0.724. The Kier molecular flexibility index (Phi) is 2.62. The maximum absolute atomic E-state index is 4.96. The van der Waals surface area contributed by atoms with Gasteiger partial charge in [0.2, 0.25) is 0 Å². The molecule has 3 rings (SSSR count). The molecule has 2 saturated carbocycles. The van der Waals surface area contributed by atoms with E-state index in [-0.39, 0.29) is 0 Å². The lowest BCUT2D eigenvalue weighted by molar-refractivity contribution is 0.194. The zero-order chi connectivity index (χ0) is 12.8. The monoisotopic (exact) mass is 241 g/mol. The standard InChI is InChI=1S/C17H23N/c1-16(2)14-9-10-17(16,3)15(11-14)18-12-13-7-5-4-6-8-13/h4-8,14H,9-12H2,1-3H3/t14-,17+/m1/s1. The molecule has 2 bridgehead atoms. The largest absolute Gasteiger partial charge is 0.289 e. The van der Waals surface area contributed by atoms with Gasteiger partial charge in [0.05, 0.1) is 6.54 Å². The van der Waals surface area contributed by atoms with Crippen molar-refractivity contribution >= 4 is 5.71 Å². The summed E-state index contributed by atoms with van der Waals surface area (Å²) in [6, 6.07) is 10.6. The van der Waals surface area contributed by atoms with Gasteiger partial charge >= 0.3 is 0 Å². The first-order chi connectivity index (χ1) is 8.54. The molecule has 0 aromatic heterocycles. The molecule has 2 fully saturated rings. The average Bonchev–Trinajstić information content (AvgIpc) is 2.70. The summed E-state index contributed by atoms with van der Waals surface area (Å²) in [6.07, 6.45) is 3.96. The molecule has 1 aromatic carbocycles. The Morgan fingerprint density at radius 1 is 1.17 bits per heavy atom. The Morgan fingerprint density at radius 2 is 1.89 bits per heavy atom. The van der Waals surface area contributed by atoms with E-state index in [0.29, 0.717) is 10.8 Å². The molecule has 0 amide bonds. The van der Waals surface area contributed by atoms with E-state index < -0.39 is 0 Å². The second kappa shape index (κ2) is 3.94. The Bertz CT molecular complexity index is 472. The van der Waals surface area contributed by atoms with E-state index in [1.165, 1.54) is 30.5 Å². The van der Waals surface area contributed by atoms with Crippen molar-refractivity contribution in [2.24, 2.45) is 21.7 Å². The maximum atomic E-state index is 4.96. The zero-order valence-electron chi connectivity index (χ0n) is 11.7. The van der Waals surface area contributed by atoms with Crippen molar-refractivity contribution in [1.29, 1.82) is 0 Å². The molecule has 1 heteroatoms. The van der Waals surface area contributed by atoms with Gasteiger partial charge in [0, 0.05) is 11.1 Å². The second-order valence-corrected chi connectivity index (χ2v) is 6.74. The van der Waals surface area contributed by atoms with Gasteiger partial charge in [-0.2, -0.15) is 0 Å². The van der Waals surface area contributed by atoms with Crippen molar-refractivity contribution in [2.75, 3.05) is 0 Å². The van der Waals surface area contributed by atoms with E-state index in [1.54, 1.807) is 0 Å². The highest BCUT2D eigenvalue weighted by Crippen LogP contribution is 2.64. The van der Waals surface area contributed by atoms with Gasteiger partial charge in [-0.3, -0.25) is 4.99 Å². The molecule has 0 N–H and O–H groups in total. The first-order valence-corrected chi connectivity index (χ1v) is 7.12. The summed E-state index contributed by atoms with van der Waals surface area (Å²) in [6.45, 7) is 8.17. The molecular formula is C17H23N. The van der Waals surface area contributed by atoms with E-state index >= 15 is 0 Å². The summed E-state index contributed by atoms with van der Waals surface area (Å²) >= 11 is 0. The Labute approximate surface area is 110 Å². The predicted molar refractivity (Wildman–Crippen MR) is 76.8 cm³/mol. The number of fused-ring (bicyclic) bond motifs is 2. The minimum absolute atomic E-state index is 0.354. The summed E-state index contributed by atoms with van der Waals surface area (Å²) < 4.78 is 0. The molecule has 1 aromatic rings. The van der Waals surface area contributed by atoms with E-state index in [1.807, 2.05) is 0 Å². The Hall–Kier alpha value is -1.11. The van der Waals surface area contributed by atoms with Crippen molar-refractivity contribution in [3.05, 3.63) is 35.9 Å². The van der Waals surface area contributed by atoms with Gasteiger partial charge in [0.1, 0.15) is 0 Å². The van der Waals surface area contributed by atoms with Crippen LogP contribution in [0.2, 0.25) is 0 Å². The number of hydrogen-bond donors (Lipinski definition) is 0. The van der Waals surface area contributed by atoms with Crippen LogP contribution in [0.1, 0.15) is 45.6 Å². The van der Waals surface area contributed by atoms with Crippen LogP contribution >= 0.6 is 0 Å². The van der Waals surface area contributed by atoms with Crippen LogP contribution in [0.15, 0.2) is 35.3 Å². The summed E-state index contributed by atoms with van der Waals surface area (Å²) in [7, 11) is 0. The van der Waals surface area contributed by atoms with Crippen LogP contribution in [0, 0.1) is 16.7 Å². The number of aliphatic imine (C=N–C) groups is 1. The minimum atomic E-state index is 0.354. The molecule has 18 heavy (non-hydrogen) atoms. The summed E-state index contributed by atoms with van der Waals surface area (Å²) in [5, 5.41) is 0. The van der Waals surface area contributed by atoms with Crippen molar-refractivity contribution in [3.8, 4) is 0 Å². The summed E-state index contributed by atoms with van der Waals surface area (Å²) in [5.41, 5.74) is 3.61. The fourth-order valence-electron chi connectivity index (χ4n) is 3.94. The lowest BCUT2D eigenvalue weighted by atomic mass is 9.70. The first kappa shape index (κ1) is 12.0. The smallest absolute Gasteiger partial charge is 0.0639 e. The van der Waals surface area contributed by atoms with Crippen LogP contribution in [-0.4, -0.2) is 5.71 Å². The van der Waals surface area contributed by atoms with Gasteiger partial charge in [0.25, 0.3) is 0 Å². The molecule has 96 valence electrons. The molecule has 0 saturated heterocycles. The highest BCUT2D eigenvalue weighted by atomic mass is 14.8. The van der Waals surface area contributed by atoms with E-state index in [2.05, 4.69) is 51.1 Å². The molecule has 1 nitrogen and oxygen atoms in total. The fraction of sp³-hybridized carbons (Fsp3) is 0.588.